The standard InChI is InChI=1S/C14H15FN4O.2ClH/c15-10-1-11(13-12(2-10)17-7-18-13)14(20)19-5-8-3-16-4-9(8)6-19;;/h1-2,7-9,16H,3-6H2,(H,17,18);2*1H/t8-,9+;;. The van der Waals surface area contributed by atoms with Gasteiger partial charge in [-0.2, -0.15) is 0 Å². The van der Waals surface area contributed by atoms with Gasteiger partial charge in [0.05, 0.1) is 17.4 Å². The van der Waals surface area contributed by atoms with Crippen LogP contribution in [0.5, 0.6) is 0 Å². The summed E-state index contributed by atoms with van der Waals surface area (Å²) < 4.78 is 13.6. The lowest BCUT2D eigenvalue weighted by Crippen LogP contribution is -2.32. The van der Waals surface area contributed by atoms with E-state index in [1.807, 2.05) is 4.90 Å². The molecule has 3 heterocycles. The van der Waals surface area contributed by atoms with Crippen LogP contribution in [0, 0.1) is 17.7 Å². The summed E-state index contributed by atoms with van der Waals surface area (Å²) in [5.41, 5.74) is 1.47. The van der Waals surface area contributed by atoms with Crippen molar-refractivity contribution in [1.29, 1.82) is 0 Å². The van der Waals surface area contributed by atoms with Gasteiger partial charge in [-0.15, -0.1) is 24.8 Å². The minimum atomic E-state index is -0.411. The minimum Gasteiger partial charge on any atom is -0.344 e. The number of aromatic nitrogens is 2. The molecule has 8 heteroatoms. The Bertz CT molecular complexity index is 681. The van der Waals surface area contributed by atoms with Crippen molar-refractivity contribution >= 4 is 41.8 Å². The summed E-state index contributed by atoms with van der Waals surface area (Å²) >= 11 is 0. The molecule has 0 saturated carbocycles. The molecule has 2 aliphatic rings. The minimum absolute atomic E-state index is 0. The van der Waals surface area contributed by atoms with Gasteiger partial charge in [0.15, 0.2) is 0 Å². The van der Waals surface area contributed by atoms with Crippen LogP contribution < -0.4 is 5.32 Å². The van der Waals surface area contributed by atoms with Gasteiger partial charge >= 0.3 is 0 Å². The van der Waals surface area contributed by atoms with E-state index in [0.29, 0.717) is 28.4 Å². The highest BCUT2D eigenvalue weighted by molar-refractivity contribution is 6.04. The highest BCUT2D eigenvalue weighted by atomic mass is 35.5. The van der Waals surface area contributed by atoms with E-state index in [1.54, 1.807) is 0 Å². The van der Waals surface area contributed by atoms with E-state index in [1.165, 1.54) is 18.5 Å². The molecule has 0 spiro atoms. The van der Waals surface area contributed by atoms with Crippen molar-refractivity contribution in [3.63, 3.8) is 0 Å². The van der Waals surface area contributed by atoms with Crippen LogP contribution in [0.15, 0.2) is 18.5 Å². The molecule has 2 saturated heterocycles. The number of hydrogen-bond donors (Lipinski definition) is 2. The maximum Gasteiger partial charge on any atom is 0.256 e. The monoisotopic (exact) mass is 346 g/mol. The van der Waals surface area contributed by atoms with Gasteiger partial charge in [-0.25, -0.2) is 9.37 Å². The Hall–Kier alpha value is -1.37. The van der Waals surface area contributed by atoms with Crippen molar-refractivity contribution in [2.75, 3.05) is 26.2 Å². The largest absolute Gasteiger partial charge is 0.344 e. The smallest absolute Gasteiger partial charge is 0.256 e. The van der Waals surface area contributed by atoms with Gasteiger partial charge in [0, 0.05) is 26.2 Å². The van der Waals surface area contributed by atoms with E-state index in [-0.39, 0.29) is 30.7 Å². The second kappa shape index (κ2) is 6.40. The molecule has 1 aromatic carbocycles. The number of likely N-dealkylation sites (tertiary alicyclic amines) is 1. The summed E-state index contributed by atoms with van der Waals surface area (Å²) in [6.07, 6.45) is 1.49. The summed E-state index contributed by atoms with van der Waals surface area (Å²) in [6.45, 7) is 3.43. The van der Waals surface area contributed by atoms with Crippen molar-refractivity contribution in [1.82, 2.24) is 20.2 Å². The molecular formula is C14H17Cl2FN4O. The Labute approximate surface area is 139 Å². The Morgan fingerprint density at radius 2 is 1.91 bits per heavy atom. The number of hydrogen-bond acceptors (Lipinski definition) is 3. The number of fused-ring (bicyclic) bond motifs is 2. The molecule has 2 aromatic rings. The van der Waals surface area contributed by atoms with Crippen molar-refractivity contribution in [3.8, 4) is 0 Å². The van der Waals surface area contributed by atoms with E-state index >= 15 is 0 Å². The average Bonchev–Trinajstić information content (AvgIpc) is 3.10. The lowest BCUT2D eigenvalue weighted by Gasteiger charge is -2.17. The van der Waals surface area contributed by atoms with Gasteiger partial charge in [-0.3, -0.25) is 4.79 Å². The fraction of sp³-hybridized carbons (Fsp3) is 0.429. The van der Waals surface area contributed by atoms with Crippen molar-refractivity contribution in [2.45, 2.75) is 0 Å². The first-order valence-electron chi connectivity index (χ1n) is 6.85. The normalized spacial score (nSPS) is 23.0. The van der Waals surface area contributed by atoms with Crippen LogP contribution in [0.1, 0.15) is 10.4 Å². The predicted molar refractivity (Wildman–Crippen MR) is 86.3 cm³/mol. The average molecular weight is 347 g/mol. The number of carbonyl (C=O) groups is 1. The first kappa shape index (κ1) is 17.0. The van der Waals surface area contributed by atoms with Crippen LogP contribution in [0.4, 0.5) is 4.39 Å². The third-order valence-electron chi connectivity index (χ3n) is 4.40. The Kier molecular flexibility index (Phi) is 4.94. The maximum atomic E-state index is 13.6. The van der Waals surface area contributed by atoms with Crippen LogP contribution >= 0.6 is 24.8 Å². The fourth-order valence-corrected chi connectivity index (χ4v) is 3.37. The number of nitrogens with one attached hydrogen (secondary N) is 2. The number of H-pyrrole nitrogens is 1. The second-order valence-electron chi connectivity index (χ2n) is 5.64. The quantitative estimate of drug-likeness (QED) is 0.828. The number of carbonyl (C=O) groups excluding carboxylic acids is 1. The lowest BCUT2D eigenvalue weighted by atomic mass is 10.0. The fourth-order valence-electron chi connectivity index (χ4n) is 3.37. The van der Waals surface area contributed by atoms with Crippen LogP contribution in [-0.4, -0.2) is 47.0 Å². The van der Waals surface area contributed by atoms with Gasteiger partial charge in [-0.1, -0.05) is 0 Å². The summed E-state index contributed by atoms with van der Waals surface area (Å²) in [6, 6.07) is 2.65. The molecule has 1 amide bonds. The first-order chi connectivity index (χ1) is 9.72. The molecule has 22 heavy (non-hydrogen) atoms. The number of halogens is 3. The lowest BCUT2D eigenvalue weighted by molar-refractivity contribution is 0.0783. The molecule has 4 rings (SSSR count). The van der Waals surface area contributed by atoms with Crippen LogP contribution in [0.2, 0.25) is 0 Å². The summed E-state index contributed by atoms with van der Waals surface area (Å²) in [5.74, 6) is 0.534. The zero-order valence-corrected chi connectivity index (χ0v) is 13.3. The van der Waals surface area contributed by atoms with Gasteiger partial charge < -0.3 is 15.2 Å². The third kappa shape index (κ3) is 2.66. The molecular weight excluding hydrogens is 330 g/mol. The molecule has 120 valence electrons. The zero-order chi connectivity index (χ0) is 13.7. The molecule has 5 nitrogen and oxygen atoms in total. The number of nitrogens with zero attached hydrogens (tertiary/aromatic N) is 2. The summed E-state index contributed by atoms with van der Waals surface area (Å²) in [5, 5.41) is 3.34. The molecule has 0 radical (unpaired) electrons. The highest BCUT2D eigenvalue weighted by Crippen LogP contribution is 2.28. The molecule has 0 aliphatic carbocycles. The zero-order valence-electron chi connectivity index (χ0n) is 11.7. The summed E-state index contributed by atoms with van der Waals surface area (Å²) in [4.78, 5) is 21.5. The first-order valence-corrected chi connectivity index (χ1v) is 6.85. The van der Waals surface area contributed by atoms with Gasteiger partial charge in [0.25, 0.3) is 5.91 Å². The molecule has 1 aromatic heterocycles. The van der Waals surface area contributed by atoms with E-state index in [4.69, 9.17) is 0 Å². The number of benzene rings is 1. The van der Waals surface area contributed by atoms with Gasteiger partial charge in [0.1, 0.15) is 11.3 Å². The molecule has 2 atom stereocenters. The topological polar surface area (TPSA) is 61.0 Å². The van der Waals surface area contributed by atoms with E-state index in [0.717, 1.165) is 26.2 Å². The van der Waals surface area contributed by atoms with Gasteiger partial charge in [0.2, 0.25) is 0 Å². The van der Waals surface area contributed by atoms with E-state index in [9.17, 15) is 9.18 Å². The Morgan fingerprint density at radius 3 is 2.59 bits per heavy atom. The van der Waals surface area contributed by atoms with E-state index in [2.05, 4.69) is 15.3 Å². The Balaban J connectivity index is 0.000000882. The van der Waals surface area contributed by atoms with Gasteiger partial charge in [-0.05, 0) is 24.0 Å². The molecule has 0 unspecified atom stereocenters. The van der Waals surface area contributed by atoms with Crippen LogP contribution in [-0.2, 0) is 0 Å². The SMILES string of the molecule is Cl.Cl.O=C(c1cc(F)cc2[nH]cnc12)N1C[C@H]2CNC[C@H]2C1. The number of rotatable bonds is 1. The summed E-state index contributed by atoms with van der Waals surface area (Å²) in [7, 11) is 0. The van der Waals surface area contributed by atoms with Crippen molar-refractivity contribution in [3.05, 3.63) is 29.8 Å². The van der Waals surface area contributed by atoms with Crippen LogP contribution in [0.3, 0.4) is 0 Å². The van der Waals surface area contributed by atoms with Crippen LogP contribution in [0.25, 0.3) is 11.0 Å². The third-order valence-corrected chi connectivity index (χ3v) is 4.40. The number of imidazole rings is 1. The van der Waals surface area contributed by atoms with Crippen molar-refractivity contribution < 1.29 is 9.18 Å². The predicted octanol–water partition coefficient (Wildman–Crippen LogP) is 1.84. The molecule has 0 bridgehead atoms. The van der Waals surface area contributed by atoms with E-state index < -0.39 is 5.82 Å². The number of aromatic amines is 1. The number of amides is 1. The molecule has 2 fully saturated rings. The molecule has 2 aliphatic heterocycles. The second-order valence-corrected chi connectivity index (χ2v) is 5.64. The Morgan fingerprint density at radius 1 is 1.23 bits per heavy atom. The maximum absolute atomic E-state index is 13.6. The van der Waals surface area contributed by atoms with Crippen molar-refractivity contribution in [2.24, 2.45) is 11.8 Å². The molecule has 2 N–H and O–H groups in total. The highest BCUT2D eigenvalue weighted by Gasteiger charge is 2.38.